The third-order valence-electron chi connectivity index (χ3n) is 4.58. The Balaban J connectivity index is 1.96. The topological polar surface area (TPSA) is 60.4 Å². The minimum atomic E-state index is -0.0799. The van der Waals surface area contributed by atoms with Gasteiger partial charge in [-0.05, 0) is 81.6 Å². The molecule has 8 heteroatoms. The summed E-state index contributed by atoms with van der Waals surface area (Å²) in [6.07, 6.45) is 7.13. The largest absolute Gasteiger partial charge is 0.497 e. The van der Waals surface area contributed by atoms with Crippen LogP contribution < -0.4 is 14.2 Å². The molecule has 1 aliphatic rings. The van der Waals surface area contributed by atoms with Crippen LogP contribution in [0.5, 0.6) is 17.2 Å². The van der Waals surface area contributed by atoms with Crippen LogP contribution in [-0.2, 0) is 4.79 Å². The average Bonchev–Trinajstić information content (AvgIpc) is 3.06. The molecule has 0 unspecified atom stereocenters. The van der Waals surface area contributed by atoms with Gasteiger partial charge >= 0.3 is 0 Å². The fraction of sp³-hybridized carbons (Fsp3) is 0.280. The van der Waals surface area contributed by atoms with Crippen molar-refractivity contribution in [2.24, 2.45) is 10.9 Å². The summed E-state index contributed by atoms with van der Waals surface area (Å²) in [5, 5.41) is 0.644. The Morgan fingerprint density at radius 2 is 1.94 bits per heavy atom. The van der Waals surface area contributed by atoms with Gasteiger partial charge in [-0.15, -0.1) is 6.42 Å². The first kappa shape index (κ1) is 24.7. The van der Waals surface area contributed by atoms with Gasteiger partial charge in [-0.2, -0.15) is 0 Å². The molecule has 0 atom stereocenters. The number of ether oxygens (including phenoxy) is 3. The van der Waals surface area contributed by atoms with Gasteiger partial charge in [-0.1, -0.05) is 19.8 Å². The number of hydrogen-bond donors (Lipinski definition) is 0. The van der Waals surface area contributed by atoms with Crippen LogP contribution in [0.2, 0.25) is 0 Å². The molecule has 1 amide bonds. The van der Waals surface area contributed by atoms with E-state index < -0.39 is 0 Å². The van der Waals surface area contributed by atoms with Gasteiger partial charge in [0.25, 0.3) is 5.91 Å². The molecular weight excluding hydrogens is 504 g/mol. The number of methoxy groups -OCH3 is 2. The van der Waals surface area contributed by atoms with Crippen LogP contribution in [0.4, 0.5) is 5.69 Å². The number of hydrogen-bond acceptors (Lipinski definition) is 6. The molecule has 33 heavy (non-hydrogen) atoms. The summed E-state index contributed by atoms with van der Waals surface area (Å²) < 4.78 is 16.9. The van der Waals surface area contributed by atoms with Crippen molar-refractivity contribution in [1.29, 1.82) is 0 Å². The van der Waals surface area contributed by atoms with Crippen molar-refractivity contribution in [2.75, 3.05) is 27.4 Å². The highest BCUT2D eigenvalue weighted by Crippen LogP contribution is 2.39. The first-order valence-corrected chi connectivity index (χ1v) is 11.8. The van der Waals surface area contributed by atoms with E-state index in [1.807, 2.05) is 42.5 Å². The number of terminal acetylenes is 1. The molecule has 1 fully saturated rings. The minimum Gasteiger partial charge on any atom is -0.497 e. The lowest BCUT2D eigenvalue weighted by atomic mass is 10.1. The highest BCUT2D eigenvalue weighted by atomic mass is 79.9. The molecule has 0 bridgehead atoms. The molecule has 6 nitrogen and oxygen atoms in total. The third kappa shape index (κ3) is 6.12. The molecule has 1 heterocycles. The lowest BCUT2D eigenvalue weighted by molar-refractivity contribution is -0.122. The zero-order valence-corrected chi connectivity index (χ0v) is 21.3. The van der Waals surface area contributed by atoms with Gasteiger partial charge in [0.05, 0.1) is 29.3 Å². The van der Waals surface area contributed by atoms with Crippen molar-refractivity contribution in [1.82, 2.24) is 4.90 Å². The third-order valence-corrected chi connectivity index (χ3v) is 6.18. The normalized spacial score (nSPS) is 15.9. The van der Waals surface area contributed by atoms with E-state index in [9.17, 15) is 4.79 Å². The van der Waals surface area contributed by atoms with E-state index in [4.69, 9.17) is 25.6 Å². The molecule has 2 aromatic carbocycles. The van der Waals surface area contributed by atoms with Crippen LogP contribution in [0.15, 0.2) is 50.8 Å². The molecule has 1 saturated heterocycles. The summed E-state index contributed by atoms with van der Waals surface area (Å²) in [5.74, 6) is 4.44. The number of amides is 1. The van der Waals surface area contributed by atoms with E-state index in [0.29, 0.717) is 32.6 Å². The van der Waals surface area contributed by atoms with Crippen molar-refractivity contribution in [2.45, 2.75) is 13.8 Å². The number of benzene rings is 2. The van der Waals surface area contributed by atoms with Gasteiger partial charge < -0.3 is 14.2 Å². The molecule has 0 spiro atoms. The highest BCUT2D eigenvalue weighted by molar-refractivity contribution is 9.10. The van der Waals surface area contributed by atoms with Gasteiger partial charge in [-0.25, -0.2) is 4.99 Å². The van der Waals surface area contributed by atoms with Gasteiger partial charge in [0.1, 0.15) is 12.4 Å². The number of carbonyl (C=O) groups is 1. The molecule has 0 saturated carbocycles. The van der Waals surface area contributed by atoms with Crippen LogP contribution in [-0.4, -0.2) is 43.3 Å². The second-order valence-corrected chi connectivity index (χ2v) is 9.40. The fourth-order valence-corrected chi connectivity index (χ4v) is 4.70. The zero-order valence-electron chi connectivity index (χ0n) is 18.9. The molecular formula is C25H25BrN2O4S. The van der Waals surface area contributed by atoms with Gasteiger partial charge in [0.2, 0.25) is 0 Å². The Morgan fingerprint density at radius 1 is 1.21 bits per heavy atom. The molecule has 0 N–H and O–H groups in total. The maximum atomic E-state index is 13.2. The summed E-state index contributed by atoms with van der Waals surface area (Å²) in [7, 11) is 3.18. The number of thioether (sulfide) groups is 1. The predicted octanol–water partition coefficient (Wildman–Crippen LogP) is 5.74. The number of rotatable bonds is 8. The Labute approximate surface area is 207 Å². The monoisotopic (exact) mass is 528 g/mol. The smallest absolute Gasteiger partial charge is 0.266 e. The first-order valence-electron chi connectivity index (χ1n) is 10.2. The Kier molecular flexibility index (Phi) is 8.48. The maximum absolute atomic E-state index is 13.2. The molecule has 0 aliphatic carbocycles. The molecule has 172 valence electrons. The van der Waals surface area contributed by atoms with Gasteiger partial charge in [0, 0.05) is 6.54 Å². The Morgan fingerprint density at radius 3 is 2.55 bits per heavy atom. The van der Waals surface area contributed by atoms with Gasteiger partial charge in [0.15, 0.2) is 16.7 Å². The quantitative estimate of drug-likeness (QED) is 0.323. The summed E-state index contributed by atoms with van der Waals surface area (Å²) in [5.41, 5.74) is 1.54. The molecule has 1 aliphatic heterocycles. The van der Waals surface area contributed by atoms with Crippen molar-refractivity contribution < 1.29 is 19.0 Å². The summed E-state index contributed by atoms with van der Waals surface area (Å²) in [6.45, 7) is 4.84. The van der Waals surface area contributed by atoms with Gasteiger partial charge in [-0.3, -0.25) is 9.69 Å². The first-order chi connectivity index (χ1) is 15.9. The van der Waals surface area contributed by atoms with Crippen LogP contribution in [0.3, 0.4) is 0 Å². The van der Waals surface area contributed by atoms with E-state index in [0.717, 1.165) is 17.0 Å². The van der Waals surface area contributed by atoms with Crippen molar-refractivity contribution in [3.05, 3.63) is 51.3 Å². The van der Waals surface area contributed by atoms with E-state index in [1.54, 1.807) is 19.1 Å². The van der Waals surface area contributed by atoms with E-state index in [-0.39, 0.29) is 18.4 Å². The number of aliphatic imine (C=N–C) groups is 1. The molecule has 2 aromatic rings. The van der Waals surface area contributed by atoms with E-state index in [2.05, 4.69) is 35.7 Å². The summed E-state index contributed by atoms with van der Waals surface area (Å²) >= 11 is 4.86. The SMILES string of the molecule is C#CCOc1c(Br)cc(/C=C2/SC(=Nc3ccc(OC)cc3)N(CC(C)C)C2=O)cc1OC. The number of nitrogens with zero attached hydrogens (tertiary/aromatic N) is 2. The van der Waals surface area contributed by atoms with Crippen LogP contribution in [0.1, 0.15) is 19.4 Å². The molecule has 3 rings (SSSR count). The molecule has 0 aromatic heterocycles. The van der Waals surface area contributed by atoms with Crippen LogP contribution >= 0.6 is 27.7 Å². The van der Waals surface area contributed by atoms with Crippen molar-refractivity contribution >= 4 is 50.5 Å². The standard InChI is InChI=1S/C25H25BrN2O4S/c1-6-11-32-23-20(26)12-17(13-21(23)31-5)14-22-24(29)28(15-16(2)3)25(33-22)27-18-7-9-19(30-4)10-8-18/h1,7-10,12-14,16H,11,15H2,2-5H3/b22-14+,27-25?. The summed E-state index contributed by atoms with van der Waals surface area (Å²) in [4.78, 5) is 20.3. The predicted molar refractivity (Wildman–Crippen MR) is 137 cm³/mol. The summed E-state index contributed by atoms with van der Waals surface area (Å²) in [6, 6.07) is 11.1. The molecule has 0 radical (unpaired) electrons. The fourth-order valence-electron chi connectivity index (χ4n) is 3.11. The van der Waals surface area contributed by atoms with Crippen LogP contribution in [0, 0.1) is 18.3 Å². The highest BCUT2D eigenvalue weighted by Gasteiger charge is 2.33. The maximum Gasteiger partial charge on any atom is 0.266 e. The minimum absolute atomic E-state index is 0.0799. The Hall–Kier alpha value is -2.89. The van der Waals surface area contributed by atoms with Crippen molar-refractivity contribution in [3.63, 3.8) is 0 Å². The van der Waals surface area contributed by atoms with Crippen molar-refractivity contribution in [3.8, 4) is 29.6 Å². The van der Waals surface area contributed by atoms with E-state index >= 15 is 0 Å². The zero-order chi connectivity index (χ0) is 24.0. The second-order valence-electron chi connectivity index (χ2n) is 7.54. The van der Waals surface area contributed by atoms with E-state index in [1.165, 1.54) is 11.8 Å². The number of carbonyl (C=O) groups excluding carboxylic acids is 1. The van der Waals surface area contributed by atoms with Crippen LogP contribution in [0.25, 0.3) is 6.08 Å². The Bertz CT molecular complexity index is 1120. The lowest BCUT2D eigenvalue weighted by Crippen LogP contribution is -2.32. The second kappa shape index (κ2) is 11.3. The number of halogens is 1. The lowest BCUT2D eigenvalue weighted by Gasteiger charge is -2.17. The number of amidine groups is 1. The average molecular weight is 529 g/mol.